The zero-order valence-corrected chi connectivity index (χ0v) is 23.0. The van der Waals surface area contributed by atoms with Gasteiger partial charge in [-0.05, 0) is 61.5 Å². The average molecular weight is 532 g/mol. The SMILES string of the molecule is CN(C)CC(C)(C)CN(Cc1ccc(C(=O)Nc2ccccc2N)cc1)C(=O)Nc1ccc2c(c1)OCCO2. The molecule has 206 valence electrons. The molecule has 4 N–H and O–H groups in total. The van der Waals surface area contributed by atoms with Crippen molar-refractivity contribution >= 4 is 29.0 Å². The largest absolute Gasteiger partial charge is 0.486 e. The fourth-order valence-electron chi connectivity index (χ4n) is 4.73. The summed E-state index contributed by atoms with van der Waals surface area (Å²) in [4.78, 5) is 30.2. The number of urea groups is 1. The van der Waals surface area contributed by atoms with E-state index in [0.717, 1.165) is 12.1 Å². The number of carbonyl (C=O) groups excluding carboxylic acids is 2. The highest BCUT2D eigenvalue weighted by Gasteiger charge is 2.26. The second kappa shape index (κ2) is 12.1. The Morgan fingerprint density at radius 1 is 0.897 bits per heavy atom. The molecule has 1 heterocycles. The summed E-state index contributed by atoms with van der Waals surface area (Å²) in [5, 5.41) is 5.85. The zero-order chi connectivity index (χ0) is 28.0. The molecule has 1 aliphatic rings. The average Bonchev–Trinajstić information content (AvgIpc) is 2.89. The topological polar surface area (TPSA) is 109 Å². The Balaban J connectivity index is 1.48. The van der Waals surface area contributed by atoms with Crippen LogP contribution in [0.25, 0.3) is 0 Å². The molecular formula is C30H37N5O4. The number of anilines is 3. The first-order valence-electron chi connectivity index (χ1n) is 12.9. The number of nitrogens with one attached hydrogen (secondary N) is 2. The predicted octanol–water partition coefficient (Wildman–Crippen LogP) is 4.91. The number of nitrogen functional groups attached to an aromatic ring is 1. The number of fused-ring (bicyclic) bond motifs is 1. The van der Waals surface area contributed by atoms with Crippen molar-refractivity contribution in [1.82, 2.24) is 9.80 Å². The van der Waals surface area contributed by atoms with Crippen molar-refractivity contribution < 1.29 is 19.1 Å². The summed E-state index contributed by atoms with van der Waals surface area (Å²) in [7, 11) is 4.04. The van der Waals surface area contributed by atoms with E-state index in [2.05, 4.69) is 29.4 Å². The van der Waals surface area contributed by atoms with Gasteiger partial charge in [-0.1, -0.05) is 38.1 Å². The van der Waals surface area contributed by atoms with Crippen LogP contribution in [0.2, 0.25) is 0 Å². The third-order valence-corrected chi connectivity index (χ3v) is 6.24. The minimum atomic E-state index is -0.250. The molecule has 9 nitrogen and oxygen atoms in total. The smallest absolute Gasteiger partial charge is 0.322 e. The Morgan fingerprint density at radius 2 is 1.59 bits per heavy atom. The number of rotatable bonds is 9. The van der Waals surface area contributed by atoms with Crippen LogP contribution >= 0.6 is 0 Å². The number of hydrogen-bond acceptors (Lipinski definition) is 6. The lowest BCUT2D eigenvalue weighted by Crippen LogP contribution is -2.44. The van der Waals surface area contributed by atoms with Gasteiger partial charge in [0.05, 0.1) is 11.4 Å². The molecule has 39 heavy (non-hydrogen) atoms. The van der Waals surface area contributed by atoms with E-state index in [1.165, 1.54) is 0 Å². The van der Waals surface area contributed by atoms with Crippen LogP contribution in [0.4, 0.5) is 21.9 Å². The third-order valence-electron chi connectivity index (χ3n) is 6.24. The maximum atomic E-state index is 13.5. The lowest BCUT2D eigenvalue weighted by atomic mass is 9.92. The Morgan fingerprint density at radius 3 is 2.28 bits per heavy atom. The van der Waals surface area contributed by atoms with Crippen LogP contribution in [-0.2, 0) is 6.54 Å². The Bertz CT molecular complexity index is 1310. The maximum absolute atomic E-state index is 13.5. The molecule has 0 saturated heterocycles. The van der Waals surface area contributed by atoms with Crippen LogP contribution < -0.4 is 25.8 Å². The standard InChI is InChI=1S/C30H37N5O4/c1-30(2,19-34(3)4)20-35(29(37)32-23-13-14-26-27(17-23)39-16-15-38-26)18-21-9-11-22(12-10-21)28(36)33-25-8-6-5-7-24(25)31/h5-14,17H,15-16,18-20,31H2,1-4H3,(H,32,37)(H,33,36). The van der Waals surface area contributed by atoms with Gasteiger partial charge in [0.1, 0.15) is 13.2 Å². The summed E-state index contributed by atoms with van der Waals surface area (Å²) in [6, 6.07) is 19.5. The first-order valence-corrected chi connectivity index (χ1v) is 12.9. The van der Waals surface area contributed by atoms with Crippen LogP contribution in [0.1, 0.15) is 29.8 Å². The van der Waals surface area contributed by atoms with Crippen molar-refractivity contribution in [2.24, 2.45) is 5.41 Å². The summed E-state index contributed by atoms with van der Waals surface area (Å²) in [5.74, 6) is 1.03. The summed E-state index contributed by atoms with van der Waals surface area (Å²) in [5.41, 5.74) is 8.89. The highest BCUT2D eigenvalue weighted by atomic mass is 16.6. The molecule has 0 saturated carbocycles. The first kappa shape index (κ1) is 27.8. The molecule has 0 radical (unpaired) electrons. The number of hydrogen-bond donors (Lipinski definition) is 3. The fourth-order valence-corrected chi connectivity index (χ4v) is 4.73. The molecule has 0 fully saturated rings. The van der Waals surface area contributed by atoms with E-state index in [9.17, 15) is 9.59 Å². The number of carbonyl (C=O) groups is 2. The van der Waals surface area contributed by atoms with Crippen molar-refractivity contribution in [3.8, 4) is 11.5 Å². The number of benzene rings is 3. The summed E-state index contributed by atoms with van der Waals surface area (Å²) >= 11 is 0. The molecular weight excluding hydrogens is 494 g/mol. The zero-order valence-electron chi connectivity index (χ0n) is 23.0. The molecule has 3 aromatic rings. The van der Waals surface area contributed by atoms with E-state index in [-0.39, 0.29) is 17.4 Å². The minimum absolute atomic E-state index is 0.164. The molecule has 9 heteroatoms. The van der Waals surface area contributed by atoms with Gasteiger partial charge in [-0.2, -0.15) is 0 Å². The van der Waals surface area contributed by atoms with E-state index < -0.39 is 0 Å². The molecule has 1 aliphatic heterocycles. The number of nitrogens with zero attached hydrogens (tertiary/aromatic N) is 2. The van der Waals surface area contributed by atoms with Gasteiger partial charge >= 0.3 is 6.03 Å². The van der Waals surface area contributed by atoms with E-state index in [0.29, 0.717) is 60.4 Å². The van der Waals surface area contributed by atoms with Gasteiger partial charge in [-0.3, -0.25) is 4.79 Å². The minimum Gasteiger partial charge on any atom is -0.486 e. The Kier molecular flexibility index (Phi) is 8.61. The van der Waals surface area contributed by atoms with Crippen molar-refractivity contribution in [3.63, 3.8) is 0 Å². The predicted molar refractivity (Wildman–Crippen MR) is 154 cm³/mol. The number of nitrogens with two attached hydrogens (primary N) is 1. The molecule has 0 bridgehead atoms. The third kappa shape index (κ3) is 7.64. The fraction of sp³-hybridized carbons (Fsp3) is 0.333. The summed E-state index contributed by atoms with van der Waals surface area (Å²) < 4.78 is 11.3. The lowest BCUT2D eigenvalue weighted by molar-refractivity contribution is 0.102. The maximum Gasteiger partial charge on any atom is 0.322 e. The lowest BCUT2D eigenvalue weighted by Gasteiger charge is -2.35. The van der Waals surface area contributed by atoms with Crippen LogP contribution in [0.15, 0.2) is 66.7 Å². The molecule has 0 aromatic heterocycles. The van der Waals surface area contributed by atoms with E-state index in [4.69, 9.17) is 15.2 Å². The van der Waals surface area contributed by atoms with E-state index in [1.807, 2.05) is 38.4 Å². The van der Waals surface area contributed by atoms with Crippen LogP contribution in [0.3, 0.4) is 0 Å². The summed E-state index contributed by atoms with van der Waals surface area (Å²) in [6.07, 6.45) is 0. The van der Waals surface area contributed by atoms with Gasteiger partial charge < -0.3 is 35.6 Å². The first-order chi connectivity index (χ1) is 18.6. The molecule has 0 atom stereocenters. The monoisotopic (exact) mass is 531 g/mol. The van der Waals surface area contributed by atoms with E-state index in [1.54, 1.807) is 47.4 Å². The molecule has 0 spiro atoms. The highest BCUT2D eigenvalue weighted by molar-refractivity contribution is 6.05. The van der Waals surface area contributed by atoms with Gasteiger partial charge in [-0.15, -0.1) is 0 Å². The second-order valence-corrected chi connectivity index (χ2v) is 10.8. The van der Waals surface area contributed by atoms with Crippen molar-refractivity contribution in [2.75, 3.05) is 56.8 Å². The van der Waals surface area contributed by atoms with Crippen LogP contribution in [0, 0.1) is 5.41 Å². The van der Waals surface area contributed by atoms with Gasteiger partial charge in [0.25, 0.3) is 5.91 Å². The van der Waals surface area contributed by atoms with Crippen LogP contribution in [-0.4, -0.2) is 62.1 Å². The molecule has 3 aromatic carbocycles. The number of para-hydroxylation sites is 2. The van der Waals surface area contributed by atoms with Crippen LogP contribution in [0.5, 0.6) is 11.5 Å². The number of amides is 3. The van der Waals surface area contributed by atoms with Gasteiger partial charge in [0.15, 0.2) is 11.5 Å². The summed E-state index contributed by atoms with van der Waals surface area (Å²) in [6.45, 7) is 6.97. The molecule has 3 amide bonds. The quantitative estimate of drug-likeness (QED) is 0.339. The molecule has 0 unspecified atom stereocenters. The number of ether oxygens (including phenoxy) is 2. The van der Waals surface area contributed by atoms with Crippen molar-refractivity contribution in [2.45, 2.75) is 20.4 Å². The van der Waals surface area contributed by atoms with E-state index >= 15 is 0 Å². The second-order valence-electron chi connectivity index (χ2n) is 10.8. The van der Waals surface area contributed by atoms with Crippen molar-refractivity contribution in [3.05, 3.63) is 77.9 Å². The normalized spacial score (nSPS) is 12.6. The molecule has 4 rings (SSSR count). The highest BCUT2D eigenvalue weighted by Crippen LogP contribution is 2.33. The Labute approximate surface area is 229 Å². The molecule has 0 aliphatic carbocycles. The van der Waals surface area contributed by atoms with Gasteiger partial charge in [0, 0.05) is 37.0 Å². The van der Waals surface area contributed by atoms with Crippen molar-refractivity contribution in [1.29, 1.82) is 0 Å². The van der Waals surface area contributed by atoms with Gasteiger partial charge in [0.2, 0.25) is 0 Å². The van der Waals surface area contributed by atoms with Gasteiger partial charge in [-0.25, -0.2) is 4.79 Å². The Hall–Kier alpha value is -4.24.